The fourth-order valence-corrected chi connectivity index (χ4v) is 2.53. The molecule has 1 fully saturated rings. The lowest BCUT2D eigenvalue weighted by molar-refractivity contribution is 0.0351. The van der Waals surface area contributed by atoms with E-state index < -0.39 is 0 Å². The van der Waals surface area contributed by atoms with E-state index in [1.165, 1.54) is 0 Å². The van der Waals surface area contributed by atoms with E-state index >= 15 is 0 Å². The topological polar surface area (TPSA) is 29.5 Å². The molecule has 2 rings (SSSR count). The van der Waals surface area contributed by atoms with Gasteiger partial charge in [-0.15, -0.1) is 0 Å². The molecule has 1 amide bonds. The molecule has 3 nitrogen and oxygen atoms in total. The molecule has 1 aliphatic heterocycles. The van der Waals surface area contributed by atoms with Crippen molar-refractivity contribution in [1.29, 1.82) is 0 Å². The van der Waals surface area contributed by atoms with E-state index in [-0.39, 0.29) is 12.0 Å². The number of nitrogens with zero attached hydrogens (tertiary/aromatic N) is 1. The first-order chi connectivity index (χ1) is 8.61. The monoisotopic (exact) mass is 331 g/mol. The van der Waals surface area contributed by atoms with E-state index in [4.69, 9.17) is 16.3 Å². The first-order valence-electron chi connectivity index (χ1n) is 5.89. The van der Waals surface area contributed by atoms with Crippen LogP contribution in [0.2, 0.25) is 5.02 Å². The zero-order valence-corrected chi connectivity index (χ0v) is 12.5. The number of carbonyl (C=O) groups is 1. The zero-order valence-electron chi connectivity index (χ0n) is 10.2. The summed E-state index contributed by atoms with van der Waals surface area (Å²) >= 11 is 9.32. The molecule has 1 heterocycles. The number of amides is 1. The number of carbonyl (C=O) groups excluding carboxylic acids is 1. The van der Waals surface area contributed by atoms with E-state index in [1.54, 1.807) is 25.3 Å². The lowest BCUT2D eigenvalue weighted by atomic mass is 10.1. The van der Waals surface area contributed by atoms with Gasteiger partial charge < -0.3 is 9.64 Å². The summed E-state index contributed by atoms with van der Waals surface area (Å²) in [5.41, 5.74) is 0.638. The Balaban J connectivity index is 2.05. The standard InChI is InChI=1S/C13H15BrClNO2/c1-18-10-4-6-16(7-5-10)13(17)9-2-3-11(14)12(15)8-9/h2-3,8,10H,4-7H2,1H3. The molecule has 18 heavy (non-hydrogen) atoms. The third kappa shape index (κ3) is 3.05. The Morgan fingerprint density at radius 1 is 1.44 bits per heavy atom. The van der Waals surface area contributed by atoms with Crippen LogP contribution >= 0.6 is 27.5 Å². The molecule has 0 spiro atoms. The van der Waals surface area contributed by atoms with Crippen molar-refractivity contribution in [2.75, 3.05) is 20.2 Å². The van der Waals surface area contributed by atoms with E-state index in [9.17, 15) is 4.79 Å². The van der Waals surface area contributed by atoms with Crippen molar-refractivity contribution in [3.63, 3.8) is 0 Å². The minimum absolute atomic E-state index is 0.0407. The summed E-state index contributed by atoms with van der Waals surface area (Å²) in [5, 5.41) is 0.563. The summed E-state index contributed by atoms with van der Waals surface area (Å²) in [5.74, 6) is 0.0407. The van der Waals surface area contributed by atoms with Gasteiger partial charge in [0, 0.05) is 30.2 Å². The van der Waals surface area contributed by atoms with Gasteiger partial charge in [0.2, 0.25) is 0 Å². The Morgan fingerprint density at radius 3 is 2.67 bits per heavy atom. The molecule has 0 N–H and O–H groups in total. The minimum atomic E-state index is 0.0407. The van der Waals surface area contributed by atoms with Crippen molar-refractivity contribution >= 4 is 33.4 Å². The number of hydrogen-bond acceptors (Lipinski definition) is 2. The van der Waals surface area contributed by atoms with Crippen LogP contribution < -0.4 is 0 Å². The Bertz CT molecular complexity index is 445. The minimum Gasteiger partial charge on any atom is -0.381 e. The van der Waals surface area contributed by atoms with Gasteiger partial charge in [-0.3, -0.25) is 4.79 Å². The molecular weight excluding hydrogens is 318 g/mol. The van der Waals surface area contributed by atoms with E-state index in [0.29, 0.717) is 10.6 Å². The second-order valence-corrected chi connectivity index (χ2v) is 5.62. The summed E-state index contributed by atoms with van der Waals surface area (Å²) in [6, 6.07) is 5.30. The number of piperidine rings is 1. The van der Waals surface area contributed by atoms with Crippen LogP contribution in [-0.4, -0.2) is 37.1 Å². The van der Waals surface area contributed by atoms with Crippen molar-refractivity contribution in [2.45, 2.75) is 18.9 Å². The van der Waals surface area contributed by atoms with Gasteiger partial charge in [0.1, 0.15) is 0 Å². The normalized spacial score (nSPS) is 16.9. The number of halogens is 2. The lowest BCUT2D eigenvalue weighted by Gasteiger charge is -2.31. The van der Waals surface area contributed by atoms with Gasteiger partial charge in [0.25, 0.3) is 5.91 Å². The number of likely N-dealkylation sites (tertiary alicyclic amines) is 1. The molecule has 0 saturated carbocycles. The molecule has 0 aliphatic carbocycles. The molecule has 0 unspecified atom stereocenters. The highest BCUT2D eigenvalue weighted by molar-refractivity contribution is 9.10. The first kappa shape index (κ1) is 13.8. The second kappa shape index (κ2) is 6.04. The number of ether oxygens (including phenoxy) is 1. The summed E-state index contributed by atoms with van der Waals surface area (Å²) in [6.07, 6.45) is 2.07. The summed E-state index contributed by atoms with van der Waals surface area (Å²) in [6.45, 7) is 1.48. The van der Waals surface area contributed by atoms with Gasteiger partial charge in [-0.1, -0.05) is 11.6 Å². The highest BCUT2D eigenvalue weighted by atomic mass is 79.9. The van der Waals surface area contributed by atoms with Crippen molar-refractivity contribution in [2.24, 2.45) is 0 Å². The van der Waals surface area contributed by atoms with Crippen molar-refractivity contribution in [1.82, 2.24) is 4.90 Å². The van der Waals surface area contributed by atoms with E-state index in [0.717, 1.165) is 30.4 Å². The third-order valence-corrected chi connectivity index (χ3v) is 4.46. The van der Waals surface area contributed by atoms with E-state index in [1.807, 2.05) is 4.90 Å². The van der Waals surface area contributed by atoms with Gasteiger partial charge in [0.05, 0.1) is 11.1 Å². The molecule has 5 heteroatoms. The predicted octanol–water partition coefficient (Wildman–Crippen LogP) is 3.35. The first-order valence-corrected chi connectivity index (χ1v) is 7.06. The van der Waals surface area contributed by atoms with Gasteiger partial charge in [-0.05, 0) is 47.0 Å². The molecule has 1 saturated heterocycles. The van der Waals surface area contributed by atoms with Crippen LogP contribution in [-0.2, 0) is 4.74 Å². The number of methoxy groups -OCH3 is 1. The molecule has 0 bridgehead atoms. The SMILES string of the molecule is COC1CCN(C(=O)c2ccc(Br)c(Cl)c2)CC1. The quantitative estimate of drug-likeness (QED) is 0.831. The van der Waals surface area contributed by atoms with Crippen LogP contribution in [0.15, 0.2) is 22.7 Å². The molecule has 1 aliphatic rings. The maximum atomic E-state index is 12.3. The third-order valence-electron chi connectivity index (χ3n) is 3.23. The average Bonchev–Trinajstić information content (AvgIpc) is 2.41. The van der Waals surface area contributed by atoms with Gasteiger partial charge in [-0.2, -0.15) is 0 Å². The lowest BCUT2D eigenvalue weighted by Crippen LogP contribution is -2.40. The van der Waals surface area contributed by atoms with Gasteiger partial charge in [-0.25, -0.2) is 0 Å². The molecular formula is C13H15BrClNO2. The van der Waals surface area contributed by atoms with Gasteiger partial charge >= 0.3 is 0 Å². The largest absolute Gasteiger partial charge is 0.381 e. The summed E-state index contributed by atoms with van der Waals surface area (Å²) in [7, 11) is 1.72. The van der Waals surface area contributed by atoms with Crippen LogP contribution in [0.25, 0.3) is 0 Å². The van der Waals surface area contributed by atoms with Gasteiger partial charge in [0.15, 0.2) is 0 Å². The molecule has 0 aromatic heterocycles. The molecule has 0 radical (unpaired) electrons. The fraction of sp³-hybridized carbons (Fsp3) is 0.462. The van der Waals surface area contributed by atoms with Crippen LogP contribution in [0.4, 0.5) is 0 Å². The zero-order chi connectivity index (χ0) is 13.1. The van der Waals surface area contributed by atoms with Crippen LogP contribution in [0, 0.1) is 0 Å². The predicted molar refractivity (Wildman–Crippen MR) is 75.1 cm³/mol. The van der Waals surface area contributed by atoms with Crippen LogP contribution in [0.1, 0.15) is 23.2 Å². The highest BCUT2D eigenvalue weighted by Crippen LogP contribution is 2.24. The maximum absolute atomic E-state index is 12.3. The summed E-state index contributed by atoms with van der Waals surface area (Å²) in [4.78, 5) is 14.1. The number of rotatable bonds is 2. The molecule has 98 valence electrons. The maximum Gasteiger partial charge on any atom is 0.253 e. The Morgan fingerprint density at radius 2 is 2.11 bits per heavy atom. The van der Waals surface area contributed by atoms with E-state index in [2.05, 4.69) is 15.9 Å². The Labute approximate surface area is 120 Å². The smallest absolute Gasteiger partial charge is 0.253 e. The molecule has 0 atom stereocenters. The average molecular weight is 333 g/mol. The molecule has 1 aromatic carbocycles. The number of benzene rings is 1. The fourth-order valence-electron chi connectivity index (χ4n) is 2.11. The Hall–Kier alpha value is -0.580. The summed E-state index contributed by atoms with van der Waals surface area (Å²) < 4.78 is 6.10. The van der Waals surface area contributed by atoms with Crippen molar-refractivity contribution < 1.29 is 9.53 Å². The second-order valence-electron chi connectivity index (χ2n) is 4.36. The number of hydrogen-bond donors (Lipinski definition) is 0. The molecule has 1 aromatic rings. The van der Waals surface area contributed by atoms with Crippen LogP contribution in [0.5, 0.6) is 0 Å². The van der Waals surface area contributed by atoms with Crippen molar-refractivity contribution in [3.05, 3.63) is 33.3 Å². The van der Waals surface area contributed by atoms with Crippen molar-refractivity contribution in [3.8, 4) is 0 Å². The Kier molecular flexibility index (Phi) is 4.65. The highest BCUT2D eigenvalue weighted by Gasteiger charge is 2.23. The van der Waals surface area contributed by atoms with Crippen LogP contribution in [0.3, 0.4) is 0 Å².